The summed E-state index contributed by atoms with van der Waals surface area (Å²) in [6.45, 7) is 3.48. The zero-order valence-corrected chi connectivity index (χ0v) is 15.4. The van der Waals surface area contributed by atoms with Gasteiger partial charge in [-0.1, -0.05) is 44.7 Å². The van der Waals surface area contributed by atoms with Crippen LogP contribution >= 0.6 is 0 Å². The van der Waals surface area contributed by atoms with Crippen molar-refractivity contribution in [3.63, 3.8) is 0 Å². The van der Waals surface area contributed by atoms with E-state index in [1.165, 1.54) is 19.3 Å². The molecule has 1 aromatic carbocycles. The van der Waals surface area contributed by atoms with E-state index in [4.69, 9.17) is 4.74 Å². The van der Waals surface area contributed by atoms with Crippen LogP contribution in [0.15, 0.2) is 24.3 Å². The molecule has 0 aromatic heterocycles. The zero-order valence-electron chi connectivity index (χ0n) is 15.4. The average Bonchev–Trinajstić information content (AvgIpc) is 2.61. The van der Waals surface area contributed by atoms with E-state index in [-0.39, 0.29) is 11.4 Å². The number of nitrogens with one attached hydrogen (secondary N) is 1. The third-order valence-electron chi connectivity index (χ3n) is 5.20. The quantitative estimate of drug-likeness (QED) is 0.735. The van der Waals surface area contributed by atoms with Gasteiger partial charge in [0.15, 0.2) is 0 Å². The van der Waals surface area contributed by atoms with Crippen molar-refractivity contribution in [3.8, 4) is 5.75 Å². The molecule has 1 aliphatic rings. The Morgan fingerprint density at radius 1 is 1.21 bits per heavy atom. The van der Waals surface area contributed by atoms with E-state index < -0.39 is 0 Å². The third-order valence-corrected chi connectivity index (χ3v) is 5.20. The number of hydrogen-bond acceptors (Lipinski definition) is 3. The first-order valence-electron chi connectivity index (χ1n) is 9.26. The molecule has 1 amide bonds. The molecule has 0 bridgehead atoms. The molecule has 1 N–H and O–H groups in total. The van der Waals surface area contributed by atoms with Gasteiger partial charge in [-0.2, -0.15) is 0 Å². The van der Waals surface area contributed by atoms with Crippen molar-refractivity contribution in [2.24, 2.45) is 0 Å². The molecule has 1 aromatic rings. The SMILES string of the molecule is CCCCOc1ccccc1C(=O)NCC1(N(C)C)CCCCC1. The van der Waals surface area contributed by atoms with Gasteiger partial charge in [0.1, 0.15) is 5.75 Å². The van der Waals surface area contributed by atoms with Gasteiger partial charge >= 0.3 is 0 Å². The Hall–Kier alpha value is -1.55. The zero-order chi connectivity index (χ0) is 17.4. The second kappa shape index (κ2) is 9.07. The molecule has 0 aliphatic heterocycles. The predicted octanol–water partition coefficient (Wildman–Crippen LogP) is 3.86. The standard InChI is InChI=1S/C20H32N2O2/c1-4-5-15-24-18-12-8-7-11-17(18)19(23)21-16-20(22(2)3)13-9-6-10-14-20/h7-8,11-12H,4-6,9-10,13-16H2,1-3H3,(H,21,23). The first-order valence-corrected chi connectivity index (χ1v) is 9.26. The summed E-state index contributed by atoms with van der Waals surface area (Å²) in [6.07, 6.45) is 8.16. The van der Waals surface area contributed by atoms with E-state index in [0.717, 1.165) is 25.7 Å². The first-order chi connectivity index (χ1) is 11.6. The van der Waals surface area contributed by atoms with Gasteiger partial charge in [-0.3, -0.25) is 4.79 Å². The number of para-hydroxylation sites is 1. The lowest BCUT2D eigenvalue weighted by Gasteiger charge is -2.43. The summed E-state index contributed by atoms with van der Waals surface area (Å²) in [5.74, 6) is 0.653. The first kappa shape index (κ1) is 18.8. The largest absolute Gasteiger partial charge is 0.493 e. The van der Waals surface area contributed by atoms with Crippen LogP contribution in [0.5, 0.6) is 5.75 Å². The number of nitrogens with zero attached hydrogens (tertiary/aromatic N) is 1. The molecule has 1 saturated carbocycles. The van der Waals surface area contributed by atoms with Crippen LogP contribution in [0.1, 0.15) is 62.2 Å². The second-order valence-electron chi connectivity index (χ2n) is 7.06. The highest BCUT2D eigenvalue weighted by Gasteiger charge is 2.34. The molecule has 134 valence electrons. The van der Waals surface area contributed by atoms with Crippen molar-refractivity contribution >= 4 is 5.91 Å². The van der Waals surface area contributed by atoms with E-state index in [0.29, 0.717) is 24.5 Å². The van der Waals surface area contributed by atoms with Crippen molar-refractivity contribution in [3.05, 3.63) is 29.8 Å². The maximum atomic E-state index is 12.7. The fourth-order valence-corrected chi connectivity index (χ4v) is 3.44. The Morgan fingerprint density at radius 3 is 2.58 bits per heavy atom. The van der Waals surface area contributed by atoms with Crippen molar-refractivity contribution in [1.82, 2.24) is 10.2 Å². The Morgan fingerprint density at radius 2 is 1.92 bits per heavy atom. The lowest BCUT2D eigenvalue weighted by Crippen LogP contribution is -2.53. The van der Waals surface area contributed by atoms with Gasteiger partial charge < -0.3 is 15.0 Å². The van der Waals surface area contributed by atoms with Crippen LogP contribution < -0.4 is 10.1 Å². The number of ether oxygens (including phenoxy) is 1. The molecule has 0 unspecified atom stereocenters. The van der Waals surface area contributed by atoms with Gasteiger partial charge in [0.25, 0.3) is 5.91 Å². The minimum absolute atomic E-state index is 0.0334. The fourth-order valence-electron chi connectivity index (χ4n) is 3.44. The predicted molar refractivity (Wildman–Crippen MR) is 98.7 cm³/mol. The highest BCUT2D eigenvalue weighted by atomic mass is 16.5. The Kier molecular flexibility index (Phi) is 7.10. The molecule has 4 heteroatoms. The van der Waals surface area contributed by atoms with Crippen LogP contribution in [0.4, 0.5) is 0 Å². The lowest BCUT2D eigenvalue weighted by atomic mass is 9.80. The van der Waals surface area contributed by atoms with E-state index in [2.05, 4.69) is 31.2 Å². The third kappa shape index (κ3) is 4.73. The number of hydrogen-bond donors (Lipinski definition) is 1. The number of unbranched alkanes of at least 4 members (excludes halogenated alkanes) is 1. The number of carbonyl (C=O) groups excluding carboxylic acids is 1. The van der Waals surface area contributed by atoms with Crippen molar-refractivity contribution < 1.29 is 9.53 Å². The fraction of sp³-hybridized carbons (Fsp3) is 0.650. The highest BCUT2D eigenvalue weighted by molar-refractivity contribution is 5.96. The maximum Gasteiger partial charge on any atom is 0.255 e. The van der Waals surface area contributed by atoms with Gasteiger partial charge in [-0.15, -0.1) is 0 Å². The number of benzene rings is 1. The van der Waals surface area contributed by atoms with E-state index in [9.17, 15) is 4.79 Å². The van der Waals surface area contributed by atoms with Gasteiger partial charge in [0.2, 0.25) is 0 Å². The van der Waals surface area contributed by atoms with Gasteiger partial charge in [0, 0.05) is 12.1 Å². The van der Waals surface area contributed by atoms with Gasteiger partial charge in [-0.25, -0.2) is 0 Å². The number of carbonyl (C=O) groups is 1. The molecule has 2 rings (SSSR count). The highest BCUT2D eigenvalue weighted by Crippen LogP contribution is 2.31. The van der Waals surface area contributed by atoms with Crippen LogP contribution in [0.25, 0.3) is 0 Å². The van der Waals surface area contributed by atoms with Crippen molar-refractivity contribution in [1.29, 1.82) is 0 Å². The molecule has 1 aliphatic carbocycles. The molecule has 0 radical (unpaired) electrons. The summed E-state index contributed by atoms with van der Waals surface area (Å²) in [5.41, 5.74) is 0.727. The van der Waals surface area contributed by atoms with Gasteiger partial charge in [0.05, 0.1) is 12.2 Å². The summed E-state index contributed by atoms with van der Waals surface area (Å²) in [5, 5.41) is 3.16. The second-order valence-corrected chi connectivity index (χ2v) is 7.06. The topological polar surface area (TPSA) is 41.6 Å². The maximum absolute atomic E-state index is 12.7. The summed E-state index contributed by atoms with van der Waals surface area (Å²) in [4.78, 5) is 15.0. The minimum atomic E-state index is -0.0334. The Labute approximate surface area is 146 Å². The van der Waals surface area contributed by atoms with E-state index in [1.807, 2.05) is 24.3 Å². The van der Waals surface area contributed by atoms with Crippen LogP contribution in [0.2, 0.25) is 0 Å². The van der Waals surface area contributed by atoms with E-state index >= 15 is 0 Å². The summed E-state index contributed by atoms with van der Waals surface area (Å²) in [6, 6.07) is 7.54. The Balaban J connectivity index is 2.01. The van der Waals surface area contributed by atoms with Crippen molar-refractivity contribution in [2.45, 2.75) is 57.4 Å². The molecule has 0 spiro atoms. The molecular weight excluding hydrogens is 300 g/mol. The number of amides is 1. The normalized spacial score (nSPS) is 16.8. The van der Waals surface area contributed by atoms with Crippen LogP contribution in [-0.2, 0) is 0 Å². The molecular formula is C20H32N2O2. The van der Waals surface area contributed by atoms with Crippen LogP contribution in [0, 0.1) is 0 Å². The summed E-state index contributed by atoms with van der Waals surface area (Å²) in [7, 11) is 4.25. The molecule has 0 atom stereocenters. The van der Waals surface area contributed by atoms with E-state index in [1.54, 1.807) is 0 Å². The van der Waals surface area contributed by atoms with Crippen LogP contribution in [-0.4, -0.2) is 43.6 Å². The van der Waals surface area contributed by atoms with Gasteiger partial charge in [-0.05, 0) is 45.5 Å². The summed E-state index contributed by atoms with van der Waals surface area (Å²) >= 11 is 0. The molecule has 0 heterocycles. The molecule has 1 fully saturated rings. The summed E-state index contributed by atoms with van der Waals surface area (Å²) < 4.78 is 5.79. The molecule has 4 nitrogen and oxygen atoms in total. The molecule has 24 heavy (non-hydrogen) atoms. The average molecular weight is 332 g/mol. The minimum Gasteiger partial charge on any atom is -0.493 e. The number of rotatable bonds is 8. The smallest absolute Gasteiger partial charge is 0.255 e. The monoisotopic (exact) mass is 332 g/mol. The molecule has 0 saturated heterocycles. The lowest BCUT2D eigenvalue weighted by molar-refractivity contribution is 0.0797. The number of likely N-dealkylation sites (N-methyl/N-ethyl adjacent to an activating group) is 1. The van der Waals surface area contributed by atoms with Crippen molar-refractivity contribution in [2.75, 3.05) is 27.2 Å². The van der Waals surface area contributed by atoms with Crippen LogP contribution in [0.3, 0.4) is 0 Å². The Bertz CT molecular complexity index is 522.